The van der Waals surface area contributed by atoms with E-state index in [4.69, 9.17) is 14.9 Å². The summed E-state index contributed by atoms with van der Waals surface area (Å²) >= 11 is 0. The molecule has 0 aliphatic carbocycles. The largest absolute Gasteiger partial charge is 0.508 e. The minimum Gasteiger partial charge on any atom is -0.508 e. The third-order valence-corrected chi connectivity index (χ3v) is 6.79. The molecule has 1 aliphatic heterocycles. The van der Waals surface area contributed by atoms with Crippen molar-refractivity contribution in [2.75, 3.05) is 13.2 Å². The van der Waals surface area contributed by atoms with E-state index in [2.05, 4.69) is 13.0 Å². The fourth-order valence-corrected chi connectivity index (χ4v) is 4.35. The Kier molecular flexibility index (Phi) is 9.98. The molecule has 6 nitrogen and oxygen atoms in total. The minimum atomic E-state index is -1.23. The number of phenolic OH excluding ortho intramolecular Hbond substituents is 1. The van der Waals surface area contributed by atoms with Gasteiger partial charge in [-0.15, -0.1) is 0 Å². The van der Waals surface area contributed by atoms with Crippen LogP contribution < -0.4 is 4.74 Å². The van der Waals surface area contributed by atoms with Crippen LogP contribution in [-0.4, -0.2) is 56.1 Å². The summed E-state index contributed by atoms with van der Waals surface area (Å²) in [5.41, 5.74) is 2.25. The van der Waals surface area contributed by atoms with Gasteiger partial charge in [0.1, 0.15) is 17.1 Å². The first-order chi connectivity index (χ1) is 15.5. The van der Waals surface area contributed by atoms with E-state index >= 15 is 0 Å². The topological polar surface area (TPSA) is 110 Å². The van der Waals surface area contributed by atoms with E-state index in [1.54, 1.807) is 25.1 Å². The lowest BCUT2D eigenvalue weighted by atomic mass is 9.87. The number of allylic oxidation sites excluding steroid dienone is 3. The van der Waals surface area contributed by atoms with Gasteiger partial charge >= 0.3 is 0 Å². The zero-order valence-corrected chi connectivity index (χ0v) is 20.6. The van der Waals surface area contributed by atoms with Crippen LogP contribution in [0.1, 0.15) is 76.8 Å². The van der Waals surface area contributed by atoms with Gasteiger partial charge in [0.05, 0.1) is 24.9 Å². The zero-order chi connectivity index (χ0) is 24.6. The number of aliphatic hydroxyl groups is 4. The van der Waals surface area contributed by atoms with E-state index in [0.717, 1.165) is 42.6 Å². The molecule has 1 aromatic rings. The highest BCUT2D eigenvalue weighted by Crippen LogP contribution is 2.39. The summed E-state index contributed by atoms with van der Waals surface area (Å²) in [6.07, 6.45) is 8.60. The summed E-state index contributed by atoms with van der Waals surface area (Å²) in [6, 6.07) is 3.53. The van der Waals surface area contributed by atoms with Crippen LogP contribution in [0.2, 0.25) is 0 Å². The van der Waals surface area contributed by atoms with Crippen LogP contribution >= 0.6 is 0 Å². The van der Waals surface area contributed by atoms with Gasteiger partial charge in [0.2, 0.25) is 0 Å². The van der Waals surface area contributed by atoms with Gasteiger partial charge < -0.3 is 30.3 Å². The minimum absolute atomic E-state index is 0.203. The molecule has 186 valence electrons. The van der Waals surface area contributed by atoms with Crippen molar-refractivity contribution in [2.45, 2.75) is 96.4 Å². The zero-order valence-electron chi connectivity index (χ0n) is 20.6. The summed E-state index contributed by atoms with van der Waals surface area (Å²) in [5.74, 6) is 1.18. The van der Waals surface area contributed by atoms with Crippen LogP contribution in [0.15, 0.2) is 35.4 Å². The molecule has 3 atom stereocenters. The Hall–Kier alpha value is -1.86. The number of phenols is 1. The number of rotatable bonds is 12. The second-order valence-corrected chi connectivity index (χ2v) is 10.0. The normalized spacial score (nSPS) is 21.0. The molecular formula is C27H42O6. The van der Waals surface area contributed by atoms with Crippen LogP contribution in [-0.2, 0) is 6.42 Å². The van der Waals surface area contributed by atoms with E-state index in [0.29, 0.717) is 31.3 Å². The van der Waals surface area contributed by atoms with Crippen molar-refractivity contribution in [1.82, 2.24) is 0 Å². The van der Waals surface area contributed by atoms with Gasteiger partial charge in [-0.3, -0.25) is 0 Å². The molecule has 33 heavy (non-hydrogen) atoms. The quantitative estimate of drug-likeness (QED) is 0.299. The number of aromatic hydroxyl groups is 1. The molecule has 0 spiro atoms. The SMILES string of the molecule is C/C(=C\CC[C@]1(C)CCc2cc(O)cc(C)c2O1)CCC(O)C(C)(O)CCC=C(CO)CO. The summed E-state index contributed by atoms with van der Waals surface area (Å²) in [5, 5.41) is 49.1. The first-order valence-electron chi connectivity index (χ1n) is 12.0. The van der Waals surface area contributed by atoms with Crippen LogP contribution in [0, 0.1) is 6.92 Å². The monoisotopic (exact) mass is 462 g/mol. The van der Waals surface area contributed by atoms with Gasteiger partial charge in [0.25, 0.3) is 0 Å². The lowest BCUT2D eigenvalue weighted by Gasteiger charge is -2.36. The maximum Gasteiger partial charge on any atom is 0.126 e. The smallest absolute Gasteiger partial charge is 0.126 e. The van der Waals surface area contributed by atoms with Crippen molar-refractivity contribution in [1.29, 1.82) is 0 Å². The van der Waals surface area contributed by atoms with Crippen LogP contribution in [0.5, 0.6) is 11.5 Å². The van der Waals surface area contributed by atoms with E-state index in [1.165, 1.54) is 5.57 Å². The molecule has 0 fully saturated rings. The molecule has 0 bridgehead atoms. The number of ether oxygens (including phenoxy) is 1. The second kappa shape index (κ2) is 12.0. The summed E-state index contributed by atoms with van der Waals surface area (Å²) < 4.78 is 6.35. The highest BCUT2D eigenvalue weighted by Gasteiger charge is 2.32. The molecule has 1 aliphatic rings. The first-order valence-corrected chi connectivity index (χ1v) is 12.0. The Morgan fingerprint density at radius 2 is 1.91 bits per heavy atom. The first kappa shape index (κ1) is 27.4. The predicted octanol–water partition coefficient (Wildman–Crippen LogP) is 4.09. The van der Waals surface area contributed by atoms with E-state index in [9.17, 15) is 15.3 Å². The molecule has 6 heteroatoms. The van der Waals surface area contributed by atoms with Gasteiger partial charge in [0, 0.05) is 0 Å². The van der Waals surface area contributed by atoms with Crippen LogP contribution in [0.3, 0.4) is 0 Å². The van der Waals surface area contributed by atoms with Gasteiger partial charge in [-0.05, 0) is 108 Å². The fraction of sp³-hybridized carbons (Fsp3) is 0.630. The standard InChI is InChI=1S/C27H42O6/c1-19(9-10-24(31)27(4,32)13-6-8-21(17-28)18-29)7-5-12-26(3)14-11-22-16-23(30)15-20(2)25(22)33-26/h7-8,15-16,24,28-32H,5-6,9-14,17-18H2,1-4H3/b19-7+/t24?,26-,27?/m1/s1. The number of fused-ring (bicyclic) bond motifs is 1. The van der Waals surface area contributed by atoms with Gasteiger partial charge in [0.15, 0.2) is 0 Å². The Morgan fingerprint density at radius 1 is 1.21 bits per heavy atom. The average molecular weight is 463 g/mol. The van der Waals surface area contributed by atoms with E-state index in [-0.39, 0.29) is 24.6 Å². The van der Waals surface area contributed by atoms with Crippen molar-refractivity contribution in [3.63, 3.8) is 0 Å². The number of hydrogen-bond acceptors (Lipinski definition) is 6. The summed E-state index contributed by atoms with van der Waals surface area (Å²) in [4.78, 5) is 0. The molecule has 0 aromatic heterocycles. The lowest BCUT2D eigenvalue weighted by Crippen LogP contribution is -2.39. The number of aryl methyl sites for hydroxylation is 2. The molecule has 1 aromatic carbocycles. The number of aliphatic hydroxyl groups excluding tert-OH is 3. The Labute approximate surface area is 198 Å². The molecule has 1 heterocycles. The molecule has 0 saturated carbocycles. The second-order valence-electron chi connectivity index (χ2n) is 10.0. The Balaban J connectivity index is 1.81. The van der Waals surface area contributed by atoms with Crippen LogP contribution in [0.25, 0.3) is 0 Å². The van der Waals surface area contributed by atoms with Crippen molar-refractivity contribution < 1.29 is 30.3 Å². The molecule has 2 rings (SSSR count). The van der Waals surface area contributed by atoms with E-state index < -0.39 is 11.7 Å². The van der Waals surface area contributed by atoms with Gasteiger partial charge in [-0.2, -0.15) is 0 Å². The van der Waals surface area contributed by atoms with Gasteiger partial charge in [-0.25, -0.2) is 0 Å². The lowest BCUT2D eigenvalue weighted by molar-refractivity contribution is -0.0691. The Morgan fingerprint density at radius 3 is 2.58 bits per heavy atom. The number of hydrogen-bond donors (Lipinski definition) is 5. The molecule has 0 amide bonds. The average Bonchev–Trinajstić information content (AvgIpc) is 2.75. The maximum atomic E-state index is 10.6. The molecule has 0 radical (unpaired) electrons. The number of benzene rings is 1. The highest BCUT2D eigenvalue weighted by atomic mass is 16.5. The molecule has 2 unspecified atom stereocenters. The summed E-state index contributed by atoms with van der Waals surface area (Å²) in [6.45, 7) is 7.37. The summed E-state index contributed by atoms with van der Waals surface area (Å²) in [7, 11) is 0. The fourth-order valence-electron chi connectivity index (χ4n) is 4.35. The molecular weight excluding hydrogens is 420 g/mol. The predicted molar refractivity (Wildman–Crippen MR) is 131 cm³/mol. The van der Waals surface area contributed by atoms with Crippen molar-refractivity contribution in [3.05, 3.63) is 46.6 Å². The third kappa shape index (κ3) is 8.14. The third-order valence-electron chi connectivity index (χ3n) is 6.79. The van der Waals surface area contributed by atoms with Crippen molar-refractivity contribution in [3.8, 4) is 11.5 Å². The molecule has 5 N–H and O–H groups in total. The van der Waals surface area contributed by atoms with E-state index in [1.807, 2.05) is 13.8 Å². The van der Waals surface area contributed by atoms with Gasteiger partial charge in [-0.1, -0.05) is 17.7 Å². The van der Waals surface area contributed by atoms with Crippen molar-refractivity contribution in [2.24, 2.45) is 0 Å². The maximum absolute atomic E-state index is 10.6. The highest BCUT2D eigenvalue weighted by molar-refractivity contribution is 5.47. The van der Waals surface area contributed by atoms with Crippen molar-refractivity contribution >= 4 is 0 Å². The Bertz CT molecular complexity index is 835. The molecule has 0 saturated heterocycles. The van der Waals surface area contributed by atoms with Crippen LogP contribution in [0.4, 0.5) is 0 Å².